The molecule has 0 aromatic carbocycles. The minimum absolute atomic E-state index is 0.00889. The average Bonchev–Trinajstić information content (AvgIpc) is 2.14. The Labute approximate surface area is 73.0 Å². The zero-order valence-electron chi connectivity index (χ0n) is 7.33. The molecule has 12 heavy (non-hydrogen) atoms. The van der Waals surface area contributed by atoms with Crippen molar-refractivity contribution < 1.29 is 14.3 Å². The van der Waals surface area contributed by atoms with Crippen molar-refractivity contribution in [3.05, 3.63) is 0 Å². The number of carbonyl (C=O) groups excluding carboxylic acids is 1. The predicted octanol–water partition coefficient (Wildman–Crippen LogP) is 1.51. The lowest BCUT2D eigenvalue weighted by atomic mass is 10.2. The highest BCUT2D eigenvalue weighted by Gasteiger charge is 2.12. The molecule has 1 heterocycles. The van der Waals surface area contributed by atoms with Gasteiger partial charge in [-0.05, 0) is 25.7 Å². The van der Waals surface area contributed by atoms with Crippen molar-refractivity contribution in [3.63, 3.8) is 0 Å². The van der Waals surface area contributed by atoms with Gasteiger partial charge in [0.15, 0.2) is 6.29 Å². The molecule has 3 nitrogen and oxygen atoms in total. The van der Waals surface area contributed by atoms with Crippen LogP contribution in [0.5, 0.6) is 0 Å². The summed E-state index contributed by atoms with van der Waals surface area (Å²) in [6.07, 6.45) is 5.51. The highest BCUT2D eigenvalue weighted by Crippen LogP contribution is 2.11. The fourth-order valence-electron chi connectivity index (χ4n) is 1.24. The monoisotopic (exact) mass is 172 g/mol. The molecule has 0 N–H and O–H groups in total. The zero-order valence-corrected chi connectivity index (χ0v) is 7.33. The van der Waals surface area contributed by atoms with E-state index in [2.05, 4.69) is 0 Å². The molecule has 0 radical (unpaired) electrons. The van der Waals surface area contributed by atoms with Crippen LogP contribution >= 0.6 is 0 Å². The normalized spacial score (nSPS) is 19.3. The van der Waals surface area contributed by atoms with Crippen molar-refractivity contribution in [1.29, 1.82) is 0 Å². The quantitative estimate of drug-likeness (QED) is 0.466. The standard InChI is InChI=1S/C9H16O3/c10-6-3-1-2-5-9-11-7-4-8-12-9/h6,9H,1-5,7-8H2. The summed E-state index contributed by atoms with van der Waals surface area (Å²) in [6.45, 7) is 1.64. The second-order valence-corrected chi connectivity index (χ2v) is 2.98. The number of hydrogen-bond acceptors (Lipinski definition) is 3. The van der Waals surface area contributed by atoms with E-state index in [1.165, 1.54) is 0 Å². The van der Waals surface area contributed by atoms with E-state index >= 15 is 0 Å². The van der Waals surface area contributed by atoms with Crippen molar-refractivity contribution in [2.45, 2.75) is 38.4 Å². The summed E-state index contributed by atoms with van der Waals surface area (Å²) in [7, 11) is 0. The van der Waals surface area contributed by atoms with Gasteiger partial charge in [0, 0.05) is 6.42 Å². The third-order valence-electron chi connectivity index (χ3n) is 1.91. The highest BCUT2D eigenvalue weighted by atomic mass is 16.7. The Morgan fingerprint density at radius 3 is 2.67 bits per heavy atom. The van der Waals surface area contributed by atoms with Crippen LogP contribution in [-0.4, -0.2) is 25.8 Å². The second kappa shape index (κ2) is 6.14. The lowest BCUT2D eigenvalue weighted by Gasteiger charge is -2.22. The lowest BCUT2D eigenvalue weighted by Crippen LogP contribution is -2.24. The van der Waals surface area contributed by atoms with Gasteiger partial charge in [0.1, 0.15) is 6.29 Å². The Kier molecular flexibility index (Phi) is 4.95. The van der Waals surface area contributed by atoms with E-state index in [9.17, 15) is 4.79 Å². The fraction of sp³-hybridized carbons (Fsp3) is 0.889. The molecule has 0 saturated carbocycles. The molecular formula is C9H16O3. The van der Waals surface area contributed by atoms with Gasteiger partial charge in [0.05, 0.1) is 13.2 Å². The highest BCUT2D eigenvalue weighted by molar-refractivity contribution is 5.48. The van der Waals surface area contributed by atoms with Crippen LogP contribution in [-0.2, 0) is 14.3 Å². The SMILES string of the molecule is O=CCCCCC1OCCCO1. The Balaban J connectivity index is 1.94. The molecule has 1 saturated heterocycles. The van der Waals surface area contributed by atoms with Crippen molar-refractivity contribution >= 4 is 6.29 Å². The van der Waals surface area contributed by atoms with Gasteiger partial charge in [-0.25, -0.2) is 0 Å². The molecule has 0 unspecified atom stereocenters. The number of unbranched alkanes of at least 4 members (excludes halogenated alkanes) is 2. The molecule has 70 valence electrons. The minimum Gasteiger partial charge on any atom is -0.353 e. The number of rotatable bonds is 5. The summed E-state index contributed by atoms with van der Waals surface area (Å²) in [4.78, 5) is 9.99. The van der Waals surface area contributed by atoms with Crippen molar-refractivity contribution in [1.82, 2.24) is 0 Å². The van der Waals surface area contributed by atoms with Crippen molar-refractivity contribution in [3.8, 4) is 0 Å². The maximum absolute atomic E-state index is 9.99. The molecule has 1 aliphatic heterocycles. The van der Waals surface area contributed by atoms with E-state index in [1.54, 1.807) is 0 Å². The first-order valence-corrected chi connectivity index (χ1v) is 4.60. The first-order valence-electron chi connectivity index (χ1n) is 4.60. The number of aldehydes is 1. The second-order valence-electron chi connectivity index (χ2n) is 2.98. The van der Waals surface area contributed by atoms with Gasteiger partial charge in [0.2, 0.25) is 0 Å². The van der Waals surface area contributed by atoms with Crippen LogP contribution in [0.15, 0.2) is 0 Å². The molecule has 0 atom stereocenters. The maximum Gasteiger partial charge on any atom is 0.157 e. The number of ether oxygens (including phenoxy) is 2. The van der Waals surface area contributed by atoms with E-state index in [1.807, 2.05) is 0 Å². The average molecular weight is 172 g/mol. The Morgan fingerprint density at radius 2 is 2.00 bits per heavy atom. The van der Waals surface area contributed by atoms with E-state index < -0.39 is 0 Å². The molecule has 1 rings (SSSR count). The molecule has 3 heteroatoms. The summed E-state index contributed by atoms with van der Waals surface area (Å²) < 4.78 is 10.7. The summed E-state index contributed by atoms with van der Waals surface area (Å²) in [5, 5.41) is 0. The summed E-state index contributed by atoms with van der Waals surface area (Å²) in [6, 6.07) is 0. The topological polar surface area (TPSA) is 35.5 Å². The first-order chi connectivity index (χ1) is 5.93. The summed E-state index contributed by atoms with van der Waals surface area (Å²) in [5.41, 5.74) is 0. The molecular weight excluding hydrogens is 156 g/mol. The van der Waals surface area contributed by atoms with Gasteiger partial charge < -0.3 is 14.3 Å². The van der Waals surface area contributed by atoms with Crippen LogP contribution in [0.4, 0.5) is 0 Å². The van der Waals surface area contributed by atoms with E-state index in [-0.39, 0.29) is 6.29 Å². The van der Waals surface area contributed by atoms with Crippen LogP contribution in [0, 0.1) is 0 Å². The Morgan fingerprint density at radius 1 is 1.25 bits per heavy atom. The smallest absolute Gasteiger partial charge is 0.157 e. The van der Waals surface area contributed by atoms with E-state index in [0.717, 1.165) is 45.2 Å². The maximum atomic E-state index is 9.99. The van der Waals surface area contributed by atoms with Gasteiger partial charge in [-0.2, -0.15) is 0 Å². The van der Waals surface area contributed by atoms with Crippen LogP contribution in [0.3, 0.4) is 0 Å². The van der Waals surface area contributed by atoms with Crippen molar-refractivity contribution in [2.75, 3.05) is 13.2 Å². The largest absolute Gasteiger partial charge is 0.353 e. The number of carbonyl (C=O) groups is 1. The summed E-state index contributed by atoms with van der Waals surface area (Å²) >= 11 is 0. The summed E-state index contributed by atoms with van der Waals surface area (Å²) in [5.74, 6) is 0. The van der Waals surface area contributed by atoms with Gasteiger partial charge in [-0.1, -0.05) is 0 Å². The molecule has 0 amide bonds. The first kappa shape index (κ1) is 9.68. The minimum atomic E-state index is -0.00889. The predicted molar refractivity (Wildman–Crippen MR) is 44.8 cm³/mol. The molecule has 0 aromatic heterocycles. The van der Waals surface area contributed by atoms with Crippen LogP contribution in [0.1, 0.15) is 32.1 Å². The van der Waals surface area contributed by atoms with E-state index in [4.69, 9.17) is 9.47 Å². The van der Waals surface area contributed by atoms with Crippen molar-refractivity contribution in [2.24, 2.45) is 0 Å². The third-order valence-corrected chi connectivity index (χ3v) is 1.91. The van der Waals surface area contributed by atoms with Crippen LogP contribution in [0.25, 0.3) is 0 Å². The van der Waals surface area contributed by atoms with Crippen LogP contribution in [0.2, 0.25) is 0 Å². The molecule has 0 spiro atoms. The molecule has 1 aliphatic rings. The lowest BCUT2D eigenvalue weighted by molar-refractivity contribution is -0.181. The molecule has 1 fully saturated rings. The zero-order chi connectivity index (χ0) is 8.65. The molecule has 0 aromatic rings. The van der Waals surface area contributed by atoms with Gasteiger partial charge in [0.25, 0.3) is 0 Å². The number of hydrogen-bond donors (Lipinski definition) is 0. The Bertz CT molecular complexity index is 119. The molecule has 0 aliphatic carbocycles. The van der Waals surface area contributed by atoms with Crippen LogP contribution < -0.4 is 0 Å². The molecule has 0 bridgehead atoms. The van der Waals surface area contributed by atoms with Gasteiger partial charge in [-0.3, -0.25) is 0 Å². The van der Waals surface area contributed by atoms with E-state index in [0.29, 0.717) is 6.42 Å². The third kappa shape index (κ3) is 3.83. The Hall–Kier alpha value is -0.410. The van der Waals surface area contributed by atoms with Gasteiger partial charge >= 0.3 is 0 Å². The van der Waals surface area contributed by atoms with Gasteiger partial charge in [-0.15, -0.1) is 0 Å². The fourth-order valence-corrected chi connectivity index (χ4v) is 1.24.